The van der Waals surface area contributed by atoms with E-state index in [9.17, 15) is 33.4 Å². The van der Waals surface area contributed by atoms with E-state index in [1.54, 1.807) is 0 Å². The van der Waals surface area contributed by atoms with Gasteiger partial charge in [0.2, 0.25) is 11.8 Å². The van der Waals surface area contributed by atoms with E-state index in [-0.39, 0.29) is 38.1 Å². The van der Waals surface area contributed by atoms with Gasteiger partial charge in [-0.1, -0.05) is 0 Å². The molecule has 1 aliphatic carbocycles. The molecule has 0 aromatic heterocycles. The zero-order valence-electron chi connectivity index (χ0n) is 27.7. The maximum absolute atomic E-state index is 12.8. The number of hydrogen-bond donors (Lipinski definition) is 3. The van der Waals surface area contributed by atoms with Crippen molar-refractivity contribution in [1.82, 2.24) is 10.6 Å². The van der Waals surface area contributed by atoms with Crippen LogP contribution in [0, 0.1) is 5.92 Å². The standard InChI is InChI=1S/C28H47N2O16P/c1-15(31)29-23-27(44-18(4)34)26(43-17(3)33)21(14-42-16(2)32)45-28(23)41-11-9-8-10-22(35)30-20-12-19(13-38-5)24(25(20)39-6)46-47(36,37)40-7/h19-21,23-28H,8-14H2,1-7H3,(H,29,31)(H,30,35)(H,36,37)/t19-,20+,21-,23-,24?,25-,26+,27-,28-/m1/s1. The maximum Gasteiger partial charge on any atom is 0.472 e. The third kappa shape index (κ3) is 13.0. The van der Waals surface area contributed by atoms with E-state index in [1.807, 2.05) is 0 Å². The minimum atomic E-state index is -4.34. The minimum absolute atomic E-state index is 0.0398. The summed E-state index contributed by atoms with van der Waals surface area (Å²) in [7, 11) is -0.412. The predicted octanol–water partition coefficient (Wildman–Crippen LogP) is 0.128. The second-order valence-corrected chi connectivity index (χ2v) is 12.6. The Kier molecular flexibility index (Phi) is 16.7. The van der Waals surface area contributed by atoms with Crippen LogP contribution in [0.2, 0.25) is 0 Å². The van der Waals surface area contributed by atoms with Crippen LogP contribution in [-0.2, 0) is 70.7 Å². The molecule has 18 nitrogen and oxygen atoms in total. The average Bonchev–Trinajstić information content (AvgIpc) is 3.28. The van der Waals surface area contributed by atoms with Crippen LogP contribution in [0.5, 0.6) is 0 Å². The van der Waals surface area contributed by atoms with Gasteiger partial charge in [-0.3, -0.25) is 33.0 Å². The summed E-state index contributed by atoms with van der Waals surface area (Å²) >= 11 is 0. The number of rotatable bonds is 18. The third-order valence-electron chi connectivity index (χ3n) is 7.38. The van der Waals surface area contributed by atoms with E-state index in [4.69, 9.17) is 37.7 Å². The van der Waals surface area contributed by atoms with Crippen molar-refractivity contribution in [2.24, 2.45) is 5.92 Å². The van der Waals surface area contributed by atoms with Crippen LogP contribution in [0.3, 0.4) is 0 Å². The quantitative estimate of drug-likeness (QED) is 0.0747. The van der Waals surface area contributed by atoms with Gasteiger partial charge in [0, 0.05) is 68.0 Å². The van der Waals surface area contributed by atoms with E-state index < -0.39 is 80.5 Å². The largest absolute Gasteiger partial charge is 0.472 e. The summed E-state index contributed by atoms with van der Waals surface area (Å²) < 4.78 is 60.4. The molecule has 19 heteroatoms. The first-order chi connectivity index (χ1) is 22.1. The van der Waals surface area contributed by atoms with Crippen LogP contribution in [0.4, 0.5) is 0 Å². The lowest BCUT2D eigenvalue weighted by Gasteiger charge is -2.44. The average molecular weight is 699 g/mol. The lowest BCUT2D eigenvalue weighted by molar-refractivity contribution is -0.277. The number of ether oxygens (including phenoxy) is 7. The fourth-order valence-corrected chi connectivity index (χ4v) is 6.24. The highest BCUT2D eigenvalue weighted by molar-refractivity contribution is 7.47. The fraction of sp³-hybridized carbons (Fsp3) is 0.821. The lowest BCUT2D eigenvalue weighted by Crippen LogP contribution is -2.66. The van der Waals surface area contributed by atoms with Gasteiger partial charge in [-0.2, -0.15) is 0 Å². The number of carbonyl (C=O) groups is 5. The molecule has 1 heterocycles. The van der Waals surface area contributed by atoms with Gasteiger partial charge in [-0.25, -0.2) is 4.57 Å². The summed E-state index contributed by atoms with van der Waals surface area (Å²) in [6.45, 7) is 4.57. The van der Waals surface area contributed by atoms with Gasteiger partial charge in [-0.05, 0) is 19.3 Å². The highest BCUT2D eigenvalue weighted by Crippen LogP contribution is 2.48. The second kappa shape index (κ2) is 19.3. The van der Waals surface area contributed by atoms with Crippen molar-refractivity contribution in [3.8, 4) is 0 Å². The van der Waals surface area contributed by atoms with Gasteiger partial charge < -0.3 is 48.7 Å². The molecule has 0 spiro atoms. The van der Waals surface area contributed by atoms with Crippen LogP contribution in [-0.4, -0.2) is 125 Å². The van der Waals surface area contributed by atoms with Crippen molar-refractivity contribution in [2.75, 3.05) is 41.2 Å². The number of carbonyl (C=O) groups excluding carboxylic acids is 5. The Morgan fingerprint density at radius 2 is 1.51 bits per heavy atom. The molecule has 3 N–H and O–H groups in total. The summed E-state index contributed by atoms with van der Waals surface area (Å²) in [5.74, 6) is -3.25. The van der Waals surface area contributed by atoms with Crippen LogP contribution in [0.15, 0.2) is 0 Å². The molecule has 0 aromatic carbocycles. The van der Waals surface area contributed by atoms with Crippen molar-refractivity contribution in [3.63, 3.8) is 0 Å². The van der Waals surface area contributed by atoms with Gasteiger partial charge in [0.25, 0.3) is 0 Å². The Hall–Kier alpha value is -2.70. The highest BCUT2D eigenvalue weighted by Gasteiger charge is 2.51. The Morgan fingerprint density at radius 1 is 0.851 bits per heavy atom. The molecule has 2 fully saturated rings. The molecule has 270 valence electrons. The number of phosphoric acid groups is 1. The molecular formula is C28H47N2O16P. The number of unbranched alkanes of at least 4 members (excludes halogenated alkanes) is 1. The first-order valence-electron chi connectivity index (χ1n) is 15.0. The van der Waals surface area contributed by atoms with Gasteiger partial charge in [-0.15, -0.1) is 0 Å². The number of amides is 2. The first kappa shape index (κ1) is 40.5. The summed E-state index contributed by atoms with van der Waals surface area (Å²) in [6.07, 6.45) is -5.24. The van der Waals surface area contributed by atoms with Gasteiger partial charge in [0.1, 0.15) is 31.0 Å². The minimum Gasteiger partial charge on any atom is -0.463 e. The smallest absolute Gasteiger partial charge is 0.463 e. The monoisotopic (exact) mass is 698 g/mol. The van der Waals surface area contributed by atoms with Crippen molar-refractivity contribution >= 4 is 37.5 Å². The molecule has 47 heavy (non-hydrogen) atoms. The Morgan fingerprint density at radius 3 is 2.06 bits per heavy atom. The number of hydrogen-bond acceptors (Lipinski definition) is 15. The third-order valence-corrected chi connectivity index (χ3v) is 8.35. The van der Waals surface area contributed by atoms with Crippen molar-refractivity contribution < 1.29 is 75.6 Å². The summed E-state index contributed by atoms with van der Waals surface area (Å²) in [5, 5.41) is 5.51. The molecule has 0 bridgehead atoms. The van der Waals surface area contributed by atoms with E-state index >= 15 is 0 Å². The Labute approximate surface area is 273 Å². The van der Waals surface area contributed by atoms with Crippen molar-refractivity contribution in [1.29, 1.82) is 0 Å². The lowest BCUT2D eigenvalue weighted by atomic mass is 9.96. The summed E-state index contributed by atoms with van der Waals surface area (Å²) in [4.78, 5) is 70.2. The van der Waals surface area contributed by atoms with Gasteiger partial charge in [0.15, 0.2) is 18.5 Å². The molecule has 0 radical (unpaired) electrons. The molecule has 10 atom stereocenters. The summed E-state index contributed by atoms with van der Waals surface area (Å²) in [6, 6.07) is -1.63. The zero-order valence-corrected chi connectivity index (χ0v) is 28.6. The Balaban J connectivity index is 2.04. The highest BCUT2D eigenvalue weighted by atomic mass is 31.2. The predicted molar refractivity (Wildman–Crippen MR) is 158 cm³/mol. The second-order valence-electron chi connectivity index (χ2n) is 11.1. The van der Waals surface area contributed by atoms with Crippen molar-refractivity contribution in [2.45, 2.75) is 102 Å². The summed E-state index contributed by atoms with van der Waals surface area (Å²) in [5.41, 5.74) is 0. The van der Waals surface area contributed by atoms with Crippen LogP contribution in [0.1, 0.15) is 53.4 Å². The van der Waals surface area contributed by atoms with Gasteiger partial charge >= 0.3 is 25.7 Å². The first-order valence-corrected chi connectivity index (χ1v) is 16.5. The van der Waals surface area contributed by atoms with Crippen LogP contribution < -0.4 is 10.6 Å². The molecule has 2 rings (SSSR count). The topological polar surface area (TPSA) is 230 Å². The molecule has 2 unspecified atom stereocenters. The molecule has 2 amide bonds. The number of nitrogens with one attached hydrogen (secondary N) is 2. The molecule has 1 aliphatic heterocycles. The van der Waals surface area contributed by atoms with E-state index in [1.165, 1.54) is 28.1 Å². The molecule has 1 saturated heterocycles. The maximum atomic E-state index is 12.8. The number of methoxy groups -OCH3 is 2. The number of esters is 3. The normalized spacial score (nSPS) is 30.1. The SMILES string of the molecule is COC[C@H]1C[C@H](NC(=O)CCCCO[C@@H]2O[C@H](COC(C)=O)[C@H](OC(C)=O)[C@H](OC(C)=O)[C@H]2NC(C)=O)[C@@H](OC)C1OP(=O)(O)OC. The van der Waals surface area contributed by atoms with Crippen LogP contribution in [0.25, 0.3) is 0 Å². The molecule has 1 saturated carbocycles. The van der Waals surface area contributed by atoms with E-state index in [2.05, 4.69) is 15.2 Å². The van der Waals surface area contributed by atoms with E-state index in [0.29, 0.717) is 19.3 Å². The zero-order chi connectivity index (χ0) is 35.3. The molecular weight excluding hydrogens is 651 g/mol. The van der Waals surface area contributed by atoms with E-state index in [0.717, 1.165) is 21.0 Å². The fourth-order valence-electron chi connectivity index (χ4n) is 5.55. The van der Waals surface area contributed by atoms with Crippen molar-refractivity contribution in [3.05, 3.63) is 0 Å². The Bertz CT molecular complexity index is 1120. The number of phosphoric ester groups is 1. The van der Waals surface area contributed by atoms with Gasteiger partial charge in [0.05, 0.1) is 12.6 Å². The van der Waals surface area contributed by atoms with Crippen LogP contribution >= 0.6 is 7.82 Å². The molecule has 0 aromatic rings. The molecule has 2 aliphatic rings.